The molecule has 2 heteroatoms. The Morgan fingerprint density at radius 1 is 1.24 bits per heavy atom. The summed E-state index contributed by atoms with van der Waals surface area (Å²) in [6.45, 7) is 9.96. The van der Waals surface area contributed by atoms with Gasteiger partial charge in [-0.1, -0.05) is 57.5 Å². The van der Waals surface area contributed by atoms with Crippen LogP contribution in [0.5, 0.6) is 0 Å². The average Bonchev–Trinajstić information content (AvgIpc) is 2.25. The molecule has 0 aliphatic carbocycles. The van der Waals surface area contributed by atoms with Crippen LogP contribution in [0, 0.1) is 12.3 Å². The molecule has 0 bridgehead atoms. The molecule has 0 unspecified atom stereocenters. The molecule has 1 rings (SSSR count). The minimum Gasteiger partial charge on any atom is -0.349 e. The minimum atomic E-state index is -0.335. The van der Waals surface area contributed by atoms with E-state index in [4.69, 9.17) is 0 Å². The van der Waals surface area contributed by atoms with E-state index in [2.05, 4.69) is 43.4 Å². The molecule has 0 spiro atoms. The van der Waals surface area contributed by atoms with Crippen LogP contribution in [0.25, 0.3) is 0 Å². The molecule has 17 heavy (non-hydrogen) atoms. The summed E-state index contributed by atoms with van der Waals surface area (Å²) in [4.78, 5) is 12.0. The predicted octanol–water partition coefficient (Wildman–Crippen LogP) is 3.61. The maximum absolute atomic E-state index is 12.0. The summed E-state index contributed by atoms with van der Waals surface area (Å²) in [7, 11) is 0. The summed E-state index contributed by atoms with van der Waals surface area (Å²) in [6, 6.07) is 8.46. The van der Waals surface area contributed by atoms with Crippen molar-refractivity contribution in [2.45, 2.75) is 47.1 Å². The van der Waals surface area contributed by atoms with Crippen LogP contribution >= 0.6 is 0 Å². The summed E-state index contributed by atoms with van der Waals surface area (Å²) < 4.78 is 0. The van der Waals surface area contributed by atoms with Gasteiger partial charge in [0.15, 0.2) is 0 Å². The molecule has 1 aromatic carbocycles. The molecule has 94 valence electrons. The van der Waals surface area contributed by atoms with E-state index in [9.17, 15) is 4.79 Å². The van der Waals surface area contributed by atoms with Gasteiger partial charge in [-0.3, -0.25) is 4.79 Å². The zero-order chi connectivity index (χ0) is 13.1. The molecule has 1 aromatic rings. The molecule has 1 atom stereocenters. The van der Waals surface area contributed by atoms with Crippen LogP contribution in [0.3, 0.4) is 0 Å². The molecule has 0 saturated heterocycles. The van der Waals surface area contributed by atoms with Crippen LogP contribution in [0.1, 0.15) is 51.3 Å². The van der Waals surface area contributed by atoms with Crippen molar-refractivity contribution in [3.05, 3.63) is 35.4 Å². The number of aryl methyl sites for hydroxylation is 1. The van der Waals surface area contributed by atoms with E-state index >= 15 is 0 Å². The summed E-state index contributed by atoms with van der Waals surface area (Å²) in [5.41, 5.74) is 2.08. The Morgan fingerprint density at radius 3 is 2.18 bits per heavy atom. The lowest BCUT2D eigenvalue weighted by Crippen LogP contribution is -2.37. The zero-order valence-corrected chi connectivity index (χ0v) is 11.5. The van der Waals surface area contributed by atoms with Crippen molar-refractivity contribution in [2.24, 2.45) is 5.41 Å². The van der Waals surface area contributed by atoms with Crippen molar-refractivity contribution in [2.75, 3.05) is 0 Å². The van der Waals surface area contributed by atoms with Crippen molar-refractivity contribution in [1.29, 1.82) is 0 Å². The fraction of sp³-hybridized carbons (Fsp3) is 0.533. The van der Waals surface area contributed by atoms with Crippen LogP contribution in [0.15, 0.2) is 24.3 Å². The predicted molar refractivity (Wildman–Crippen MR) is 71.8 cm³/mol. The van der Waals surface area contributed by atoms with Crippen LogP contribution in [0.2, 0.25) is 0 Å². The lowest BCUT2D eigenvalue weighted by atomic mass is 9.94. The van der Waals surface area contributed by atoms with E-state index < -0.39 is 0 Å². The Kier molecular flexibility index (Phi) is 4.33. The Morgan fingerprint density at radius 2 is 1.76 bits per heavy atom. The van der Waals surface area contributed by atoms with Gasteiger partial charge in [0.25, 0.3) is 0 Å². The van der Waals surface area contributed by atoms with Gasteiger partial charge in [0, 0.05) is 5.41 Å². The number of nitrogens with one attached hydrogen (secondary N) is 1. The van der Waals surface area contributed by atoms with Gasteiger partial charge in [0.1, 0.15) is 0 Å². The number of carbonyl (C=O) groups is 1. The van der Waals surface area contributed by atoms with Gasteiger partial charge >= 0.3 is 0 Å². The lowest BCUT2D eigenvalue weighted by Gasteiger charge is -2.24. The molecule has 1 amide bonds. The second-order valence-electron chi connectivity index (χ2n) is 5.59. The van der Waals surface area contributed by atoms with E-state index in [1.165, 1.54) is 11.1 Å². The smallest absolute Gasteiger partial charge is 0.225 e. The third kappa shape index (κ3) is 3.88. The molecule has 1 N–H and O–H groups in total. The summed E-state index contributed by atoms with van der Waals surface area (Å²) in [5, 5.41) is 3.10. The first-order valence-corrected chi connectivity index (χ1v) is 6.22. The van der Waals surface area contributed by atoms with Gasteiger partial charge in [-0.2, -0.15) is 0 Å². The van der Waals surface area contributed by atoms with Crippen molar-refractivity contribution in [1.82, 2.24) is 5.32 Å². The summed E-state index contributed by atoms with van der Waals surface area (Å²) in [6.07, 6.45) is 0.908. The molecule has 2 nitrogen and oxygen atoms in total. The largest absolute Gasteiger partial charge is 0.349 e. The quantitative estimate of drug-likeness (QED) is 0.849. The second-order valence-corrected chi connectivity index (χ2v) is 5.59. The highest BCUT2D eigenvalue weighted by Gasteiger charge is 2.23. The standard InChI is InChI=1S/C15H23NO/c1-6-13(16-14(17)15(3,4)5)12-9-7-11(2)8-10-12/h7-10,13H,6H2,1-5H3,(H,16,17)/t13-/m0/s1. The number of rotatable bonds is 3. The highest BCUT2D eigenvalue weighted by molar-refractivity contribution is 5.81. The first kappa shape index (κ1) is 13.8. The van der Waals surface area contributed by atoms with Gasteiger partial charge in [0.2, 0.25) is 5.91 Å². The zero-order valence-electron chi connectivity index (χ0n) is 11.5. The number of benzene rings is 1. The van der Waals surface area contributed by atoms with Gasteiger partial charge in [-0.25, -0.2) is 0 Å². The van der Waals surface area contributed by atoms with Crippen molar-refractivity contribution < 1.29 is 4.79 Å². The Hall–Kier alpha value is -1.31. The number of amides is 1. The fourth-order valence-corrected chi connectivity index (χ4v) is 1.59. The first-order valence-electron chi connectivity index (χ1n) is 6.22. The molecule has 0 aliphatic heterocycles. The highest BCUT2D eigenvalue weighted by atomic mass is 16.2. The van der Waals surface area contributed by atoms with E-state index in [0.29, 0.717) is 0 Å². The van der Waals surface area contributed by atoms with Crippen molar-refractivity contribution in [3.63, 3.8) is 0 Å². The molecule has 0 heterocycles. The monoisotopic (exact) mass is 233 g/mol. The summed E-state index contributed by atoms with van der Waals surface area (Å²) >= 11 is 0. The minimum absolute atomic E-state index is 0.102. The molecular formula is C15H23NO. The molecule has 0 saturated carbocycles. The number of hydrogen-bond acceptors (Lipinski definition) is 1. The van der Waals surface area contributed by atoms with Crippen molar-refractivity contribution >= 4 is 5.91 Å². The van der Waals surface area contributed by atoms with Crippen molar-refractivity contribution in [3.8, 4) is 0 Å². The molecule has 0 aromatic heterocycles. The van der Waals surface area contributed by atoms with E-state index in [1.54, 1.807) is 0 Å². The normalized spacial score (nSPS) is 13.2. The Labute approximate surface area is 104 Å². The van der Waals surface area contributed by atoms with Gasteiger partial charge in [0.05, 0.1) is 6.04 Å². The highest BCUT2D eigenvalue weighted by Crippen LogP contribution is 2.20. The molecular weight excluding hydrogens is 210 g/mol. The van der Waals surface area contributed by atoms with Crippen LogP contribution in [-0.4, -0.2) is 5.91 Å². The van der Waals surface area contributed by atoms with Gasteiger partial charge < -0.3 is 5.32 Å². The van der Waals surface area contributed by atoms with Crippen LogP contribution in [-0.2, 0) is 4.79 Å². The van der Waals surface area contributed by atoms with E-state index in [1.807, 2.05) is 20.8 Å². The Bertz CT molecular complexity index is 373. The maximum Gasteiger partial charge on any atom is 0.225 e. The fourth-order valence-electron chi connectivity index (χ4n) is 1.59. The third-order valence-electron chi connectivity index (χ3n) is 2.87. The maximum atomic E-state index is 12.0. The SMILES string of the molecule is CC[C@H](NC(=O)C(C)(C)C)c1ccc(C)cc1. The van der Waals surface area contributed by atoms with E-state index in [-0.39, 0.29) is 17.4 Å². The third-order valence-corrected chi connectivity index (χ3v) is 2.87. The summed E-state index contributed by atoms with van der Waals surface area (Å²) in [5.74, 6) is 0.102. The Balaban J connectivity index is 2.79. The number of hydrogen-bond donors (Lipinski definition) is 1. The molecule has 0 radical (unpaired) electrons. The number of carbonyl (C=O) groups excluding carboxylic acids is 1. The van der Waals surface area contributed by atoms with Crippen LogP contribution in [0.4, 0.5) is 0 Å². The molecule has 0 fully saturated rings. The van der Waals surface area contributed by atoms with Gasteiger partial charge in [-0.15, -0.1) is 0 Å². The second kappa shape index (κ2) is 5.35. The van der Waals surface area contributed by atoms with Crippen LogP contribution < -0.4 is 5.32 Å². The molecule has 0 aliphatic rings. The lowest BCUT2D eigenvalue weighted by molar-refractivity contribution is -0.129. The topological polar surface area (TPSA) is 29.1 Å². The van der Waals surface area contributed by atoms with E-state index in [0.717, 1.165) is 6.42 Å². The van der Waals surface area contributed by atoms with Gasteiger partial charge in [-0.05, 0) is 18.9 Å². The average molecular weight is 233 g/mol. The first-order chi connectivity index (χ1) is 7.84.